The number of aliphatic imine (C=N–C) groups is 1. The van der Waals surface area contributed by atoms with E-state index in [0.29, 0.717) is 6.54 Å². The average molecular weight is 387 g/mol. The van der Waals surface area contributed by atoms with Crippen molar-refractivity contribution in [2.45, 2.75) is 26.3 Å². The molecule has 0 bridgehead atoms. The normalized spacial score (nSPS) is 11.8. The summed E-state index contributed by atoms with van der Waals surface area (Å²) >= 11 is 0. The third kappa shape index (κ3) is 4.51. The van der Waals surface area contributed by atoms with E-state index in [-0.39, 0.29) is 0 Å². The summed E-state index contributed by atoms with van der Waals surface area (Å²) < 4.78 is 2.04. The van der Waals surface area contributed by atoms with E-state index in [1.54, 1.807) is 0 Å². The van der Waals surface area contributed by atoms with Gasteiger partial charge in [-0.15, -0.1) is 10.2 Å². The Bertz CT molecular complexity index is 1110. The summed E-state index contributed by atoms with van der Waals surface area (Å²) in [6.45, 7) is 4.30. The van der Waals surface area contributed by atoms with Crippen molar-refractivity contribution in [2.24, 2.45) is 4.99 Å². The number of fused-ring (bicyclic) bond motifs is 2. The summed E-state index contributed by atoms with van der Waals surface area (Å²) in [4.78, 5) is 9.17. The first kappa shape index (κ1) is 18.9. The number of rotatable bonds is 7. The molecule has 7 nitrogen and oxygen atoms in total. The van der Waals surface area contributed by atoms with Crippen LogP contribution in [-0.2, 0) is 13.0 Å². The lowest BCUT2D eigenvalue weighted by atomic mass is 10.1. The molecule has 0 spiro atoms. The molecule has 0 fully saturated rings. The smallest absolute Gasteiger partial charge is 0.191 e. The maximum Gasteiger partial charge on any atom is 0.191 e. The van der Waals surface area contributed by atoms with E-state index in [0.717, 1.165) is 54.3 Å². The summed E-state index contributed by atoms with van der Waals surface area (Å²) in [7, 11) is 0. The second kappa shape index (κ2) is 9.14. The van der Waals surface area contributed by atoms with Crippen molar-refractivity contribution in [3.8, 4) is 0 Å². The largest absolute Gasteiger partial charge is 0.357 e. The Balaban J connectivity index is 1.36. The molecule has 2 N–H and O–H groups in total. The number of nitrogens with one attached hydrogen (secondary N) is 2. The van der Waals surface area contributed by atoms with E-state index in [1.165, 1.54) is 5.56 Å². The minimum absolute atomic E-state index is 0.604. The second-order valence-corrected chi connectivity index (χ2v) is 6.76. The molecule has 0 unspecified atom stereocenters. The number of hydrogen-bond donors (Lipinski definition) is 2. The highest BCUT2D eigenvalue weighted by Crippen LogP contribution is 2.16. The van der Waals surface area contributed by atoms with Gasteiger partial charge in [0.05, 0.1) is 12.1 Å². The monoisotopic (exact) mass is 387 g/mol. The summed E-state index contributed by atoms with van der Waals surface area (Å²) in [6.07, 6.45) is 5.64. The van der Waals surface area contributed by atoms with Gasteiger partial charge in [0.1, 0.15) is 5.82 Å². The van der Waals surface area contributed by atoms with Crippen LogP contribution in [0.1, 0.15) is 24.7 Å². The van der Waals surface area contributed by atoms with Crippen LogP contribution in [0.25, 0.3) is 16.6 Å². The zero-order chi connectivity index (χ0) is 19.9. The van der Waals surface area contributed by atoms with Gasteiger partial charge >= 0.3 is 0 Å². The fraction of sp³-hybridized carbons (Fsp3) is 0.273. The number of para-hydroxylation sites is 1. The minimum Gasteiger partial charge on any atom is -0.357 e. The molecule has 0 aliphatic carbocycles. The lowest BCUT2D eigenvalue weighted by Crippen LogP contribution is -2.37. The summed E-state index contributed by atoms with van der Waals surface area (Å²) in [6, 6.07) is 16.1. The van der Waals surface area contributed by atoms with Crippen molar-refractivity contribution < 1.29 is 0 Å². The van der Waals surface area contributed by atoms with E-state index in [9.17, 15) is 0 Å². The average Bonchev–Trinajstić information content (AvgIpc) is 3.18. The minimum atomic E-state index is 0.604. The molecule has 1 aromatic carbocycles. The summed E-state index contributed by atoms with van der Waals surface area (Å²) in [5, 5.41) is 16.4. The maximum absolute atomic E-state index is 4.75. The highest BCUT2D eigenvalue weighted by atomic mass is 15.2. The van der Waals surface area contributed by atoms with E-state index in [1.807, 2.05) is 59.3 Å². The van der Waals surface area contributed by atoms with Gasteiger partial charge in [-0.1, -0.05) is 24.3 Å². The Kier molecular flexibility index (Phi) is 5.95. The molecular formula is C22H25N7. The van der Waals surface area contributed by atoms with E-state index in [4.69, 9.17) is 4.99 Å². The molecule has 3 aromatic heterocycles. The lowest BCUT2D eigenvalue weighted by molar-refractivity contribution is 0.715. The van der Waals surface area contributed by atoms with Crippen LogP contribution in [-0.4, -0.2) is 38.6 Å². The van der Waals surface area contributed by atoms with Crippen LogP contribution in [0.15, 0.2) is 65.9 Å². The zero-order valence-electron chi connectivity index (χ0n) is 16.5. The maximum atomic E-state index is 4.75. The molecule has 0 radical (unpaired) electrons. The predicted molar refractivity (Wildman–Crippen MR) is 116 cm³/mol. The fourth-order valence-corrected chi connectivity index (χ4v) is 3.31. The molecule has 3 heterocycles. The SMILES string of the molecule is CCNC(=NCc1ccnc2ccccc12)NCCCc1nnc2ccccn12. The number of aryl methyl sites for hydroxylation is 1. The van der Waals surface area contributed by atoms with Gasteiger partial charge in [-0.3, -0.25) is 9.38 Å². The van der Waals surface area contributed by atoms with Crippen LogP contribution in [0, 0.1) is 0 Å². The van der Waals surface area contributed by atoms with Gasteiger partial charge in [-0.2, -0.15) is 0 Å². The van der Waals surface area contributed by atoms with E-state index < -0.39 is 0 Å². The number of benzene rings is 1. The second-order valence-electron chi connectivity index (χ2n) is 6.76. The topological polar surface area (TPSA) is 79.5 Å². The standard InChI is InChI=1S/C22H25N7/c1-2-23-22(26-16-17-12-14-24-19-9-4-3-8-18(17)19)25-13-7-11-21-28-27-20-10-5-6-15-29(20)21/h3-6,8-10,12,14-15H,2,7,11,13,16H2,1H3,(H2,23,25,26). The van der Waals surface area contributed by atoms with Crippen molar-refractivity contribution in [2.75, 3.05) is 13.1 Å². The third-order valence-electron chi connectivity index (χ3n) is 4.75. The van der Waals surface area contributed by atoms with Crippen molar-refractivity contribution in [1.29, 1.82) is 0 Å². The first-order valence-corrected chi connectivity index (χ1v) is 9.98. The zero-order valence-corrected chi connectivity index (χ0v) is 16.5. The Labute approximate surface area is 169 Å². The summed E-state index contributed by atoms with van der Waals surface area (Å²) in [5.74, 6) is 1.80. The highest BCUT2D eigenvalue weighted by Gasteiger charge is 2.05. The molecule has 0 atom stereocenters. The highest BCUT2D eigenvalue weighted by molar-refractivity contribution is 5.83. The number of hydrogen-bond acceptors (Lipinski definition) is 4. The Morgan fingerprint density at radius 1 is 1.03 bits per heavy atom. The molecule has 0 aliphatic heterocycles. The fourth-order valence-electron chi connectivity index (χ4n) is 3.31. The van der Waals surface area contributed by atoms with Gasteiger partial charge in [-0.05, 0) is 43.2 Å². The van der Waals surface area contributed by atoms with Crippen LogP contribution < -0.4 is 10.6 Å². The quantitative estimate of drug-likeness (QED) is 0.290. The number of pyridine rings is 2. The van der Waals surface area contributed by atoms with Gasteiger partial charge in [0, 0.05) is 37.3 Å². The lowest BCUT2D eigenvalue weighted by Gasteiger charge is -2.11. The van der Waals surface area contributed by atoms with Gasteiger partial charge < -0.3 is 10.6 Å². The van der Waals surface area contributed by atoms with Crippen molar-refractivity contribution in [3.63, 3.8) is 0 Å². The molecule has 29 heavy (non-hydrogen) atoms. The van der Waals surface area contributed by atoms with Gasteiger partial charge in [0.25, 0.3) is 0 Å². The van der Waals surface area contributed by atoms with Crippen LogP contribution in [0.5, 0.6) is 0 Å². The summed E-state index contributed by atoms with van der Waals surface area (Å²) in [5.41, 5.74) is 3.05. The van der Waals surface area contributed by atoms with E-state index in [2.05, 4.69) is 38.8 Å². The number of guanidine groups is 1. The van der Waals surface area contributed by atoms with Crippen molar-refractivity contribution >= 4 is 22.5 Å². The number of aromatic nitrogens is 4. The Hall–Kier alpha value is -3.48. The third-order valence-corrected chi connectivity index (χ3v) is 4.75. The van der Waals surface area contributed by atoms with Gasteiger partial charge in [0.2, 0.25) is 0 Å². The van der Waals surface area contributed by atoms with Crippen molar-refractivity contribution in [3.05, 3.63) is 72.3 Å². The van der Waals surface area contributed by atoms with Crippen LogP contribution in [0.4, 0.5) is 0 Å². The predicted octanol–water partition coefficient (Wildman–Crippen LogP) is 2.97. The molecule has 4 aromatic rings. The molecule has 0 saturated carbocycles. The number of nitrogens with zero attached hydrogens (tertiary/aromatic N) is 5. The van der Waals surface area contributed by atoms with E-state index >= 15 is 0 Å². The van der Waals surface area contributed by atoms with Gasteiger partial charge in [0.15, 0.2) is 11.6 Å². The molecule has 0 saturated heterocycles. The Morgan fingerprint density at radius 2 is 1.93 bits per heavy atom. The van der Waals surface area contributed by atoms with Crippen molar-refractivity contribution in [1.82, 2.24) is 30.2 Å². The van der Waals surface area contributed by atoms with Crippen LogP contribution in [0.3, 0.4) is 0 Å². The van der Waals surface area contributed by atoms with Crippen LogP contribution in [0.2, 0.25) is 0 Å². The molecule has 148 valence electrons. The first-order chi connectivity index (χ1) is 14.3. The Morgan fingerprint density at radius 3 is 2.86 bits per heavy atom. The molecule has 0 amide bonds. The van der Waals surface area contributed by atoms with Gasteiger partial charge in [-0.25, -0.2) is 4.99 Å². The molecular weight excluding hydrogens is 362 g/mol. The first-order valence-electron chi connectivity index (χ1n) is 9.98. The molecule has 0 aliphatic rings. The molecule has 4 rings (SSSR count). The molecule has 7 heteroatoms. The van der Waals surface area contributed by atoms with Crippen LogP contribution >= 0.6 is 0 Å².